The number of carbonyl (C=O) groups is 1. The van der Waals surface area contributed by atoms with Crippen molar-refractivity contribution < 1.29 is 19.0 Å². The van der Waals surface area contributed by atoms with Crippen LogP contribution in [0.4, 0.5) is 0 Å². The fraction of sp³-hybridized carbons (Fsp3) is 0.536. The molecule has 1 aliphatic carbocycles. The number of methoxy groups -OCH3 is 1. The molecule has 0 spiro atoms. The minimum Gasteiger partial charge on any atom is -0.491 e. The van der Waals surface area contributed by atoms with Crippen molar-refractivity contribution in [2.45, 2.75) is 57.1 Å². The Balaban J connectivity index is 1.21. The Morgan fingerprint density at radius 2 is 1.97 bits per heavy atom. The van der Waals surface area contributed by atoms with E-state index in [1.54, 1.807) is 7.11 Å². The predicted octanol–water partition coefficient (Wildman–Crippen LogP) is 3.70. The Kier molecular flexibility index (Phi) is 9.36. The second-order valence-electron chi connectivity index (χ2n) is 9.33. The van der Waals surface area contributed by atoms with E-state index in [1.165, 1.54) is 16.7 Å². The molecule has 1 fully saturated rings. The van der Waals surface area contributed by atoms with Gasteiger partial charge in [-0.05, 0) is 99.0 Å². The van der Waals surface area contributed by atoms with Gasteiger partial charge in [0.05, 0.1) is 6.10 Å². The first-order valence-corrected chi connectivity index (χ1v) is 12.7. The first kappa shape index (κ1) is 24.7. The van der Waals surface area contributed by atoms with Crippen LogP contribution in [0.3, 0.4) is 0 Å². The second-order valence-corrected chi connectivity index (χ2v) is 9.33. The molecule has 2 aliphatic rings. The lowest BCUT2D eigenvalue weighted by atomic mass is 9.86. The number of fused-ring (bicyclic) bond motifs is 1. The smallest absolute Gasteiger partial charge is 0.251 e. The normalized spacial score (nSPS) is 19.6. The summed E-state index contributed by atoms with van der Waals surface area (Å²) in [5, 5.41) is 6.70. The summed E-state index contributed by atoms with van der Waals surface area (Å²) < 4.78 is 16.5. The Labute approximate surface area is 203 Å². The Morgan fingerprint density at radius 1 is 1.09 bits per heavy atom. The average molecular weight is 467 g/mol. The van der Waals surface area contributed by atoms with Gasteiger partial charge in [-0.25, -0.2) is 0 Å². The van der Waals surface area contributed by atoms with Crippen LogP contribution < -0.4 is 15.4 Å². The van der Waals surface area contributed by atoms with Crippen molar-refractivity contribution >= 4 is 5.91 Å². The lowest BCUT2D eigenvalue weighted by molar-refractivity contribution is 0.0679. The molecule has 4 rings (SSSR count). The van der Waals surface area contributed by atoms with Crippen LogP contribution in [0.1, 0.15) is 52.7 Å². The van der Waals surface area contributed by atoms with E-state index in [2.05, 4.69) is 28.8 Å². The maximum absolute atomic E-state index is 12.8. The van der Waals surface area contributed by atoms with Gasteiger partial charge in [-0.3, -0.25) is 4.79 Å². The third kappa shape index (κ3) is 7.29. The van der Waals surface area contributed by atoms with Crippen LogP contribution in [0.15, 0.2) is 42.5 Å². The largest absolute Gasteiger partial charge is 0.491 e. The first-order valence-electron chi connectivity index (χ1n) is 12.7. The molecule has 0 unspecified atom stereocenters. The van der Waals surface area contributed by atoms with E-state index < -0.39 is 0 Å². The van der Waals surface area contributed by atoms with Crippen molar-refractivity contribution in [3.63, 3.8) is 0 Å². The van der Waals surface area contributed by atoms with Gasteiger partial charge in [0.25, 0.3) is 5.91 Å². The predicted molar refractivity (Wildman–Crippen MR) is 134 cm³/mol. The number of carbonyl (C=O) groups excluding carboxylic acids is 1. The van der Waals surface area contributed by atoms with Gasteiger partial charge in [-0.15, -0.1) is 0 Å². The highest BCUT2D eigenvalue weighted by molar-refractivity contribution is 5.94. The molecule has 1 amide bonds. The van der Waals surface area contributed by atoms with Gasteiger partial charge in [0.2, 0.25) is 0 Å². The summed E-state index contributed by atoms with van der Waals surface area (Å²) in [4.78, 5) is 12.8. The van der Waals surface area contributed by atoms with Crippen LogP contribution in [0.25, 0.3) is 0 Å². The molecule has 6 heteroatoms. The number of amides is 1. The minimum absolute atomic E-state index is 0.0182. The van der Waals surface area contributed by atoms with E-state index in [4.69, 9.17) is 14.2 Å². The topological polar surface area (TPSA) is 68.8 Å². The number of benzene rings is 2. The van der Waals surface area contributed by atoms with Crippen LogP contribution in [-0.4, -0.2) is 58.1 Å². The van der Waals surface area contributed by atoms with Crippen LogP contribution in [0.2, 0.25) is 0 Å². The van der Waals surface area contributed by atoms with Gasteiger partial charge >= 0.3 is 0 Å². The van der Waals surface area contributed by atoms with E-state index >= 15 is 0 Å². The van der Waals surface area contributed by atoms with E-state index in [0.29, 0.717) is 12.2 Å². The van der Waals surface area contributed by atoms with Crippen LogP contribution >= 0.6 is 0 Å². The van der Waals surface area contributed by atoms with E-state index in [0.717, 1.165) is 77.0 Å². The molecule has 1 heterocycles. The number of rotatable bonds is 12. The van der Waals surface area contributed by atoms with Crippen molar-refractivity contribution in [2.24, 2.45) is 0 Å². The molecule has 34 heavy (non-hydrogen) atoms. The summed E-state index contributed by atoms with van der Waals surface area (Å²) in [5.41, 5.74) is 4.83. The maximum Gasteiger partial charge on any atom is 0.251 e. The monoisotopic (exact) mass is 466 g/mol. The first-order chi connectivity index (χ1) is 16.7. The molecule has 2 atom stereocenters. The third-order valence-corrected chi connectivity index (χ3v) is 6.70. The summed E-state index contributed by atoms with van der Waals surface area (Å²) in [7, 11) is 1.74. The quantitative estimate of drug-likeness (QED) is 0.467. The lowest BCUT2D eigenvalue weighted by Gasteiger charge is -2.26. The zero-order valence-electron chi connectivity index (χ0n) is 20.3. The highest BCUT2D eigenvalue weighted by Crippen LogP contribution is 2.24. The molecule has 1 saturated heterocycles. The molecular formula is C28H38N2O4. The van der Waals surface area contributed by atoms with E-state index in [1.807, 2.05) is 24.3 Å². The highest BCUT2D eigenvalue weighted by Gasteiger charge is 2.21. The molecule has 0 aromatic heterocycles. The number of ether oxygens (including phenoxy) is 3. The van der Waals surface area contributed by atoms with Crippen molar-refractivity contribution in [2.75, 3.05) is 40.0 Å². The molecule has 2 aromatic rings. The molecule has 0 radical (unpaired) electrons. The van der Waals surface area contributed by atoms with Crippen molar-refractivity contribution in [3.05, 3.63) is 64.7 Å². The van der Waals surface area contributed by atoms with E-state index in [9.17, 15) is 4.79 Å². The van der Waals surface area contributed by atoms with Gasteiger partial charge in [-0.1, -0.05) is 18.2 Å². The fourth-order valence-corrected chi connectivity index (χ4v) is 4.72. The second kappa shape index (κ2) is 12.9. The summed E-state index contributed by atoms with van der Waals surface area (Å²) in [5.74, 6) is 0.759. The van der Waals surface area contributed by atoms with Gasteiger partial charge in [0.15, 0.2) is 0 Å². The zero-order valence-corrected chi connectivity index (χ0v) is 20.3. The van der Waals surface area contributed by atoms with Gasteiger partial charge in [0.1, 0.15) is 12.4 Å². The fourth-order valence-electron chi connectivity index (χ4n) is 4.72. The lowest BCUT2D eigenvalue weighted by Crippen LogP contribution is -2.38. The van der Waals surface area contributed by atoms with Crippen LogP contribution in [0, 0.1) is 0 Å². The highest BCUT2D eigenvalue weighted by atomic mass is 16.5. The Bertz CT molecular complexity index is 909. The van der Waals surface area contributed by atoms with Gasteiger partial charge in [0, 0.05) is 31.9 Å². The molecule has 184 valence electrons. The minimum atomic E-state index is -0.0182. The average Bonchev–Trinajstić information content (AvgIpc) is 3.39. The summed E-state index contributed by atoms with van der Waals surface area (Å²) in [6.07, 6.45) is 7.29. The standard InChI is InChI=1S/C28H38N2O4/c1-32-16-3-14-29-15-13-21-5-6-24-19-25(10-7-23(24)18-21)30-28(31)22-8-11-26(12-9-22)34-20-27-4-2-17-33-27/h5-6,8-9,11-12,18,25,27,29H,2-4,7,10,13-17,19-20H2,1H3,(H,30,31)/t25-,27-/m0/s1. The Morgan fingerprint density at radius 3 is 2.76 bits per heavy atom. The van der Waals surface area contributed by atoms with Crippen LogP contribution in [-0.2, 0) is 28.7 Å². The van der Waals surface area contributed by atoms with Crippen molar-refractivity contribution in [1.82, 2.24) is 10.6 Å². The summed E-state index contributed by atoms with van der Waals surface area (Å²) >= 11 is 0. The summed E-state index contributed by atoms with van der Waals surface area (Å²) in [6.45, 7) is 4.18. The van der Waals surface area contributed by atoms with Gasteiger partial charge < -0.3 is 24.8 Å². The molecule has 2 aromatic carbocycles. The SMILES string of the molecule is COCCCNCCc1ccc2c(c1)CC[C@H](NC(=O)c1ccc(OC[C@@H]3CCCO3)cc1)C2. The van der Waals surface area contributed by atoms with Crippen molar-refractivity contribution in [1.29, 1.82) is 0 Å². The molecule has 6 nitrogen and oxygen atoms in total. The number of nitrogens with one attached hydrogen (secondary N) is 2. The van der Waals surface area contributed by atoms with E-state index in [-0.39, 0.29) is 18.1 Å². The number of hydrogen-bond donors (Lipinski definition) is 2. The van der Waals surface area contributed by atoms with Crippen molar-refractivity contribution in [3.8, 4) is 5.75 Å². The molecule has 1 aliphatic heterocycles. The molecular weight excluding hydrogens is 428 g/mol. The molecule has 2 N–H and O–H groups in total. The van der Waals surface area contributed by atoms with Crippen LogP contribution in [0.5, 0.6) is 5.75 Å². The maximum atomic E-state index is 12.8. The number of aryl methyl sites for hydroxylation is 1. The number of hydrogen-bond acceptors (Lipinski definition) is 5. The summed E-state index contributed by atoms with van der Waals surface area (Å²) in [6, 6.07) is 14.4. The molecule has 0 bridgehead atoms. The zero-order chi connectivity index (χ0) is 23.6. The molecule has 0 saturated carbocycles. The third-order valence-electron chi connectivity index (χ3n) is 6.70. The Hall–Kier alpha value is -2.41. The van der Waals surface area contributed by atoms with Gasteiger partial charge in [-0.2, -0.15) is 0 Å².